The van der Waals surface area contributed by atoms with Crippen LogP contribution < -0.4 is 10.5 Å². The van der Waals surface area contributed by atoms with Crippen LogP contribution in [0.4, 0.5) is 0 Å². The number of H-pyrrole nitrogens is 1. The molecule has 0 atom stereocenters. The van der Waals surface area contributed by atoms with Crippen molar-refractivity contribution in [2.45, 2.75) is 6.54 Å². The maximum Gasteiger partial charge on any atom is 0.214 e. The van der Waals surface area contributed by atoms with Crippen LogP contribution in [0, 0.1) is 0 Å². The van der Waals surface area contributed by atoms with Crippen molar-refractivity contribution < 1.29 is 4.74 Å². The van der Waals surface area contributed by atoms with Crippen LogP contribution >= 0.6 is 0 Å². The smallest absolute Gasteiger partial charge is 0.214 e. The van der Waals surface area contributed by atoms with Crippen LogP contribution in [-0.2, 0) is 6.54 Å². The lowest BCUT2D eigenvalue weighted by molar-refractivity contribution is 0.401. The molecule has 3 aromatic rings. The van der Waals surface area contributed by atoms with Crippen LogP contribution in [0.1, 0.15) is 0 Å². The molecule has 1 aromatic carbocycles. The number of nitrogens with two attached hydrogens (primary N) is 1. The van der Waals surface area contributed by atoms with Crippen LogP contribution in [0.3, 0.4) is 0 Å². The van der Waals surface area contributed by atoms with E-state index < -0.39 is 0 Å². The monoisotopic (exact) mass is 230 g/mol. The molecule has 0 fully saturated rings. The predicted octanol–water partition coefficient (Wildman–Crippen LogP) is 1.48. The molecule has 5 heteroatoms. The van der Waals surface area contributed by atoms with E-state index in [4.69, 9.17) is 10.5 Å². The second kappa shape index (κ2) is 3.78. The largest absolute Gasteiger partial charge is 0.481 e. The molecule has 0 aliphatic heterocycles. The quantitative estimate of drug-likeness (QED) is 0.716. The molecule has 0 unspecified atom stereocenters. The number of ether oxygens (including phenoxy) is 1. The molecule has 0 aliphatic carbocycles. The van der Waals surface area contributed by atoms with Crippen LogP contribution in [0.2, 0.25) is 0 Å². The van der Waals surface area contributed by atoms with Gasteiger partial charge >= 0.3 is 0 Å². The first-order valence-electron chi connectivity index (χ1n) is 5.55. The molecule has 17 heavy (non-hydrogen) atoms. The fourth-order valence-corrected chi connectivity index (χ4v) is 2.17. The molecule has 0 radical (unpaired) electrons. The Morgan fingerprint density at radius 1 is 1.47 bits per heavy atom. The van der Waals surface area contributed by atoms with Crippen LogP contribution in [0.5, 0.6) is 5.88 Å². The van der Waals surface area contributed by atoms with Gasteiger partial charge in [-0.2, -0.15) is 0 Å². The van der Waals surface area contributed by atoms with Crippen LogP contribution in [0.25, 0.3) is 21.8 Å². The van der Waals surface area contributed by atoms with E-state index in [1.807, 2.05) is 29.1 Å². The van der Waals surface area contributed by atoms with Crippen molar-refractivity contribution in [1.29, 1.82) is 0 Å². The van der Waals surface area contributed by atoms with E-state index in [-0.39, 0.29) is 0 Å². The summed E-state index contributed by atoms with van der Waals surface area (Å²) in [4.78, 5) is 4.38. The van der Waals surface area contributed by atoms with Gasteiger partial charge in [0.1, 0.15) is 0 Å². The normalized spacial score (nSPS) is 11.4. The Morgan fingerprint density at radius 2 is 2.35 bits per heavy atom. The number of hydrogen-bond donors (Lipinski definition) is 2. The van der Waals surface area contributed by atoms with E-state index in [1.54, 1.807) is 7.11 Å². The lowest BCUT2D eigenvalue weighted by Gasteiger charge is -2.02. The molecule has 3 rings (SSSR count). The zero-order valence-electron chi connectivity index (χ0n) is 9.60. The second-order valence-electron chi connectivity index (χ2n) is 3.95. The summed E-state index contributed by atoms with van der Waals surface area (Å²) in [6.45, 7) is 1.36. The summed E-state index contributed by atoms with van der Waals surface area (Å²) in [5, 5.41) is 5.45. The highest BCUT2D eigenvalue weighted by atomic mass is 16.5. The Bertz CT molecular complexity index is 668. The number of aromatic amines is 1. The Kier molecular flexibility index (Phi) is 2.26. The van der Waals surface area contributed by atoms with E-state index in [9.17, 15) is 0 Å². The van der Waals surface area contributed by atoms with Crippen molar-refractivity contribution in [2.24, 2.45) is 5.73 Å². The second-order valence-corrected chi connectivity index (χ2v) is 3.95. The molecule has 2 aromatic heterocycles. The summed E-state index contributed by atoms with van der Waals surface area (Å²) in [5.41, 5.74) is 7.68. The Balaban J connectivity index is 2.34. The van der Waals surface area contributed by atoms with Gasteiger partial charge in [0.05, 0.1) is 24.7 Å². The summed E-state index contributed by atoms with van der Waals surface area (Å²) in [5.74, 6) is 0.646. The minimum atomic E-state index is 0.599. The number of aromatic nitrogens is 3. The molecule has 2 heterocycles. The minimum absolute atomic E-state index is 0.599. The summed E-state index contributed by atoms with van der Waals surface area (Å²) < 4.78 is 7.21. The van der Waals surface area contributed by atoms with E-state index in [2.05, 4.69) is 10.1 Å². The zero-order valence-corrected chi connectivity index (χ0v) is 9.60. The van der Waals surface area contributed by atoms with Gasteiger partial charge in [0, 0.05) is 29.6 Å². The van der Waals surface area contributed by atoms with Gasteiger partial charge in [0.15, 0.2) is 0 Å². The molecule has 0 saturated carbocycles. The first-order chi connectivity index (χ1) is 8.33. The number of hydrogen-bond acceptors (Lipinski definition) is 3. The van der Waals surface area contributed by atoms with Crippen molar-refractivity contribution in [3.63, 3.8) is 0 Å². The van der Waals surface area contributed by atoms with E-state index in [0.29, 0.717) is 12.4 Å². The zero-order chi connectivity index (χ0) is 11.8. The third-order valence-electron chi connectivity index (χ3n) is 2.93. The Morgan fingerprint density at radius 3 is 3.12 bits per heavy atom. The number of nitrogens with one attached hydrogen (secondary N) is 1. The summed E-state index contributed by atoms with van der Waals surface area (Å²) in [6, 6.07) is 6.01. The van der Waals surface area contributed by atoms with Crippen molar-refractivity contribution in [3.8, 4) is 5.88 Å². The Labute approximate surface area is 98.2 Å². The molecule has 0 aliphatic rings. The molecular weight excluding hydrogens is 216 g/mol. The van der Waals surface area contributed by atoms with Gasteiger partial charge in [-0.05, 0) is 12.1 Å². The molecule has 0 bridgehead atoms. The maximum atomic E-state index is 5.61. The number of fused-ring (bicyclic) bond motifs is 3. The molecule has 88 valence electrons. The van der Waals surface area contributed by atoms with Gasteiger partial charge in [0.25, 0.3) is 0 Å². The van der Waals surface area contributed by atoms with Gasteiger partial charge < -0.3 is 15.6 Å². The molecular formula is C12H14N4O. The van der Waals surface area contributed by atoms with Crippen LogP contribution in [0.15, 0.2) is 24.4 Å². The predicted molar refractivity (Wildman–Crippen MR) is 67.2 cm³/mol. The van der Waals surface area contributed by atoms with Crippen molar-refractivity contribution in [3.05, 3.63) is 24.4 Å². The highest BCUT2D eigenvalue weighted by Gasteiger charge is 2.10. The summed E-state index contributed by atoms with van der Waals surface area (Å²) in [7, 11) is 1.63. The van der Waals surface area contributed by atoms with Gasteiger partial charge in [-0.3, -0.25) is 4.68 Å². The lowest BCUT2D eigenvalue weighted by Crippen LogP contribution is -2.10. The maximum absolute atomic E-state index is 5.61. The average Bonchev–Trinajstić information content (AvgIpc) is 2.92. The number of benzene rings is 1. The number of nitrogens with zero attached hydrogens (tertiary/aromatic N) is 2. The average molecular weight is 230 g/mol. The number of rotatable bonds is 3. The third kappa shape index (κ3) is 1.47. The molecule has 0 spiro atoms. The topological polar surface area (TPSA) is 68.9 Å². The highest BCUT2D eigenvalue weighted by molar-refractivity contribution is 6.05. The lowest BCUT2D eigenvalue weighted by atomic mass is 10.2. The van der Waals surface area contributed by atoms with E-state index >= 15 is 0 Å². The highest BCUT2D eigenvalue weighted by Crippen LogP contribution is 2.28. The SMILES string of the molecule is COc1cc2c(ccc3c[nH]n(CCN)c32)n1. The minimum Gasteiger partial charge on any atom is -0.481 e. The van der Waals surface area contributed by atoms with Gasteiger partial charge in [-0.15, -0.1) is 0 Å². The molecule has 0 saturated heterocycles. The fraction of sp³-hybridized carbons (Fsp3) is 0.250. The van der Waals surface area contributed by atoms with E-state index in [1.165, 1.54) is 0 Å². The van der Waals surface area contributed by atoms with Crippen molar-refractivity contribution in [1.82, 2.24) is 14.8 Å². The molecule has 0 amide bonds. The van der Waals surface area contributed by atoms with Crippen LogP contribution in [-0.4, -0.2) is 28.4 Å². The van der Waals surface area contributed by atoms with Gasteiger partial charge in [-0.1, -0.05) is 0 Å². The standard InChI is InChI=1S/C12H14N4O/c1-17-11-6-9-10(15-11)3-2-8-7-14-16(5-4-13)12(8)9/h2-3,6-7,14H,4-5,13H2,1H3. The first kappa shape index (κ1) is 10.2. The first-order valence-corrected chi connectivity index (χ1v) is 5.55. The Hall–Kier alpha value is -2.01. The molecule has 5 nitrogen and oxygen atoms in total. The number of methoxy groups -OCH3 is 1. The van der Waals surface area contributed by atoms with Crippen molar-refractivity contribution in [2.75, 3.05) is 13.7 Å². The van der Waals surface area contributed by atoms with Crippen molar-refractivity contribution >= 4 is 21.8 Å². The summed E-state index contributed by atoms with van der Waals surface area (Å²) in [6.07, 6.45) is 1.98. The van der Waals surface area contributed by atoms with Gasteiger partial charge in [0.2, 0.25) is 5.88 Å². The van der Waals surface area contributed by atoms with E-state index in [0.717, 1.165) is 28.4 Å². The third-order valence-corrected chi connectivity index (χ3v) is 2.93. The molecule has 3 N–H and O–H groups in total. The fourth-order valence-electron chi connectivity index (χ4n) is 2.17. The van der Waals surface area contributed by atoms with Gasteiger partial charge in [-0.25, -0.2) is 4.98 Å². The summed E-state index contributed by atoms with van der Waals surface area (Å²) >= 11 is 0.